The molecule has 0 saturated heterocycles. The van der Waals surface area contributed by atoms with Crippen molar-refractivity contribution >= 4 is 21.9 Å². The lowest BCUT2D eigenvalue weighted by Crippen LogP contribution is -2.15. The summed E-state index contributed by atoms with van der Waals surface area (Å²) in [6.45, 7) is 9.05. The van der Waals surface area contributed by atoms with E-state index in [1.807, 2.05) is 36.8 Å². The molecule has 3 nitrogen and oxygen atoms in total. The van der Waals surface area contributed by atoms with Gasteiger partial charge in [0.15, 0.2) is 0 Å². The number of benzene rings is 1. The highest BCUT2D eigenvalue weighted by Gasteiger charge is 2.22. The molecule has 1 aromatic carbocycles. The van der Waals surface area contributed by atoms with Crippen LogP contribution in [0, 0.1) is 5.41 Å². The Morgan fingerprint density at radius 3 is 2.60 bits per heavy atom. The van der Waals surface area contributed by atoms with Gasteiger partial charge in [0.1, 0.15) is 11.2 Å². The lowest BCUT2D eigenvalue weighted by atomic mass is 9.78. The van der Waals surface area contributed by atoms with E-state index in [9.17, 15) is 0 Å². The molecule has 0 N–H and O–H groups in total. The molecule has 3 heteroatoms. The van der Waals surface area contributed by atoms with E-state index < -0.39 is 0 Å². The van der Waals surface area contributed by atoms with E-state index in [4.69, 9.17) is 4.42 Å². The van der Waals surface area contributed by atoms with Gasteiger partial charge in [-0.25, -0.2) is 0 Å². The van der Waals surface area contributed by atoms with Crippen molar-refractivity contribution in [3.05, 3.63) is 60.6 Å². The molecule has 0 spiro atoms. The van der Waals surface area contributed by atoms with Crippen LogP contribution in [0.3, 0.4) is 0 Å². The van der Waals surface area contributed by atoms with Crippen molar-refractivity contribution in [1.29, 1.82) is 0 Å². The summed E-state index contributed by atoms with van der Waals surface area (Å²) in [5.74, 6) is 0.428. The van der Waals surface area contributed by atoms with Crippen LogP contribution >= 0.6 is 0 Å². The van der Waals surface area contributed by atoms with Crippen molar-refractivity contribution in [3.8, 4) is 11.3 Å². The maximum absolute atomic E-state index is 6.13. The van der Waals surface area contributed by atoms with Crippen LogP contribution in [0.4, 0.5) is 0 Å². The van der Waals surface area contributed by atoms with E-state index in [2.05, 4.69) is 55.9 Å². The predicted octanol–water partition coefficient (Wildman–Crippen LogP) is 6.19. The summed E-state index contributed by atoms with van der Waals surface area (Å²) >= 11 is 0. The van der Waals surface area contributed by atoms with E-state index in [1.165, 1.54) is 5.56 Å². The highest BCUT2D eigenvalue weighted by Crippen LogP contribution is 2.37. The molecule has 3 aromatic heterocycles. The number of fused-ring (bicyclic) bond motifs is 3. The van der Waals surface area contributed by atoms with Gasteiger partial charge in [0, 0.05) is 29.4 Å². The molecular formula is C22H22N2O. The summed E-state index contributed by atoms with van der Waals surface area (Å²) in [5, 5.41) is 2.12. The number of furan rings is 1. The van der Waals surface area contributed by atoms with Gasteiger partial charge in [-0.05, 0) is 35.1 Å². The van der Waals surface area contributed by atoms with Crippen molar-refractivity contribution in [2.45, 2.75) is 33.6 Å². The molecule has 0 bridgehead atoms. The van der Waals surface area contributed by atoms with Gasteiger partial charge in [0.25, 0.3) is 0 Å². The zero-order chi connectivity index (χ0) is 17.6. The molecule has 0 amide bonds. The van der Waals surface area contributed by atoms with Crippen molar-refractivity contribution < 1.29 is 4.42 Å². The van der Waals surface area contributed by atoms with Gasteiger partial charge in [0.2, 0.25) is 0 Å². The number of pyridine rings is 2. The first-order chi connectivity index (χ1) is 11.9. The van der Waals surface area contributed by atoms with Crippen molar-refractivity contribution in [2.24, 2.45) is 5.41 Å². The highest BCUT2D eigenvalue weighted by atomic mass is 16.3. The second-order valence-electron chi connectivity index (χ2n) is 7.72. The topological polar surface area (TPSA) is 38.9 Å². The number of hydrogen-bond donors (Lipinski definition) is 0. The number of nitrogens with zero attached hydrogens (tertiary/aromatic N) is 2. The first-order valence-electron chi connectivity index (χ1n) is 8.67. The largest absolute Gasteiger partial charge is 0.455 e. The van der Waals surface area contributed by atoms with E-state index in [1.54, 1.807) is 0 Å². The molecule has 0 saturated carbocycles. The maximum atomic E-state index is 6.13. The van der Waals surface area contributed by atoms with Crippen LogP contribution in [0.2, 0.25) is 0 Å². The van der Waals surface area contributed by atoms with E-state index >= 15 is 0 Å². The van der Waals surface area contributed by atoms with Crippen LogP contribution in [0.15, 0.2) is 59.4 Å². The van der Waals surface area contributed by atoms with E-state index in [0.29, 0.717) is 5.92 Å². The molecule has 1 unspecified atom stereocenters. The Balaban J connectivity index is 1.91. The van der Waals surface area contributed by atoms with Gasteiger partial charge in [-0.3, -0.25) is 9.97 Å². The molecule has 3 heterocycles. The van der Waals surface area contributed by atoms with Crippen LogP contribution in [0.1, 0.15) is 39.2 Å². The fourth-order valence-corrected chi connectivity index (χ4v) is 3.18. The standard InChI is InChI=1S/C22H22N2O/c1-14(22(2,3)4)15-9-10-24-19(11-15)18-13-23-12-17-16-7-5-6-8-20(16)25-21(17)18/h5-14H,1-4H3. The summed E-state index contributed by atoms with van der Waals surface area (Å²) in [5.41, 5.74) is 5.06. The summed E-state index contributed by atoms with van der Waals surface area (Å²) in [6.07, 6.45) is 5.60. The summed E-state index contributed by atoms with van der Waals surface area (Å²) in [4.78, 5) is 9.03. The minimum absolute atomic E-state index is 0.197. The Kier molecular flexibility index (Phi) is 3.60. The number of rotatable bonds is 2. The zero-order valence-corrected chi connectivity index (χ0v) is 15.1. The fourth-order valence-electron chi connectivity index (χ4n) is 3.18. The lowest BCUT2D eigenvalue weighted by Gasteiger charge is -2.27. The molecule has 0 aliphatic rings. The second-order valence-corrected chi connectivity index (χ2v) is 7.72. The zero-order valence-electron chi connectivity index (χ0n) is 15.1. The quantitative estimate of drug-likeness (QED) is 0.439. The van der Waals surface area contributed by atoms with Crippen LogP contribution in [-0.2, 0) is 0 Å². The summed E-state index contributed by atoms with van der Waals surface area (Å²) in [7, 11) is 0. The smallest absolute Gasteiger partial charge is 0.147 e. The number of hydrogen-bond acceptors (Lipinski definition) is 3. The minimum atomic E-state index is 0.197. The Hall–Kier alpha value is -2.68. The SMILES string of the molecule is CC(c1ccnc(-c2cncc3c2oc2ccccc23)c1)C(C)(C)C. The van der Waals surface area contributed by atoms with Crippen LogP contribution < -0.4 is 0 Å². The van der Waals surface area contributed by atoms with Gasteiger partial charge in [-0.15, -0.1) is 0 Å². The van der Waals surface area contributed by atoms with Gasteiger partial charge in [-0.1, -0.05) is 45.9 Å². The highest BCUT2D eigenvalue weighted by molar-refractivity contribution is 6.08. The molecule has 4 rings (SSSR count). The van der Waals surface area contributed by atoms with Crippen molar-refractivity contribution in [3.63, 3.8) is 0 Å². The molecule has 25 heavy (non-hydrogen) atoms. The average molecular weight is 330 g/mol. The van der Waals surface area contributed by atoms with Crippen LogP contribution in [0.25, 0.3) is 33.2 Å². The Morgan fingerprint density at radius 1 is 1.00 bits per heavy atom. The lowest BCUT2D eigenvalue weighted by molar-refractivity contribution is 0.339. The van der Waals surface area contributed by atoms with Crippen LogP contribution in [-0.4, -0.2) is 9.97 Å². The fraction of sp³-hybridized carbons (Fsp3) is 0.273. The van der Waals surface area contributed by atoms with Gasteiger partial charge < -0.3 is 4.42 Å². The summed E-state index contributed by atoms with van der Waals surface area (Å²) < 4.78 is 6.13. The van der Waals surface area contributed by atoms with Crippen molar-refractivity contribution in [2.75, 3.05) is 0 Å². The van der Waals surface area contributed by atoms with Gasteiger partial charge in [0.05, 0.1) is 11.3 Å². The normalized spacial score (nSPS) is 13.4. The third-order valence-corrected chi connectivity index (χ3v) is 5.14. The molecule has 4 aromatic rings. The third-order valence-electron chi connectivity index (χ3n) is 5.14. The Bertz CT molecular complexity index is 1060. The molecule has 0 aliphatic carbocycles. The van der Waals surface area contributed by atoms with E-state index in [-0.39, 0.29) is 5.41 Å². The first-order valence-corrected chi connectivity index (χ1v) is 8.67. The minimum Gasteiger partial charge on any atom is -0.455 e. The average Bonchev–Trinajstić information content (AvgIpc) is 2.99. The molecule has 0 fully saturated rings. The van der Waals surface area contributed by atoms with Crippen LogP contribution in [0.5, 0.6) is 0 Å². The second kappa shape index (κ2) is 5.69. The molecule has 126 valence electrons. The van der Waals surface area contributed by atoms with Gasteiger partial charge in [-0.2, -0.15) is 0 Å². The van der Waals surface area contributed by atoms with E-state index in [0.717, 1.165) is 33.2 Å². The van der Waals surface area contributed by atoms with Gasteiger partial charge >= 0.3 is 0 Å². The predicted molar refractivity (Wildman–Crippen MR) is 103 cm³/mol. The molecule has 1 atom stereocenters. The first kappa shape index (κ1) is 15.8. The Labute approximate surface area is 147 Å². The number of para-hydroxylation sites is 1. The summed E-state index contributed by atoms with van der Waals surface area (Å²) in [6, 6.07) is 12.3. The number of aromatic nitrogens is 2. The maximum Gasteiger partial charge on any atom is 0.147 e. The molecule has 0 radical (unpaired) electrons. The monoisotopic (exact) mass is 330 g/mol. The third kappa shape index (κ3) is 2.70. The molecule has 0 aliphatic heterocycles. The Morgan fingerprint density at radius 2 is 1.80 bits per heavy atom. The molecular weight excluding hydrogens is 308 g/mol. The van der Waals surface area contributed by atoms with Crippen molar-refractivity contribution in [1.82, 2.24) is 9.97 Å².